The Kier molecular flexibility index (Phi) is 6.51. The SMILES string of the molecule is CCOc1ccc2nc(N(Cc3ccccc3)C(=O)CN(C)S(C)(=O)=O)sc2c1. The third-order valence-corrected chi connectivity index (χ3v) is 6.60. The number of ether oxygens (including phenoxy) is 1. The maximum atomic E-state index is 13.0. The summed E-state index contributed by atoms with van der Waals surface area (Å²) >= 11 is 1.37. The number of hydrogen-bond donors (Lipinski definition) is 0. The summed E-state index contributed by atoms with van der Waals surface area (Å²) in [5.74, 6) is 0.402. The van der Waals surface area contributed by atoms with Gasteiger partial charge in [0.2, 0.25) is 15.9 Å². The number of fused-ring (bicyclic) bond motifs is 1. The van der Waals surface area contributed by atoms with Gasteiger partial charge in [-0.15, -0.1) is 0 Å². The molecule has 2 aromatic carbocycles. The van der Waals surface area contributed by atoms with E-state index in [4.69, 9.17) is 4.74 Å². The average Bonchev–Trinajstić information content (AvgIpc) is 3.09. The molecule has 0 atom stereocenters. The standard InChI is InChI=1S/C20H23N3O4S2/c1-4-27-16-10-11-17-18(12-16)28-20(21-17)23(13-15-8-6-5-7-9-15)19(24)14-22(2)29(3,25)26/h5-12H,4,13-14H2,1-3H3. The van der Waals surface area contributed by atoms with Crippen LogP contribution in [0.1, 0.15) is 12.5 Å². The number of carbonyl (C=O) groups excluding carboxylic acids is 1. The normalized spacial score (nSPS) is 11.7. The second-order valence-corrected chi connectivity index (χ2v) is 9.64. The highest BCUT2D eigenvalue weighted by molar-refractivity contribution is 7.88. The van der Waals surface area contributed by atoms with Crippen molar-refractivity contribution in [1.82, 2.24) is 9.29 Å². The highest BCUT2D eigenvalue weighted by Crippen LogP contribution is 2.32. The molecule has 9 heteroatoms. The van der Waals surface area contributed by atoms with E-state index in [9.17, 15) is 13.2 Å². The van der Waals surface area contributed by atoms with Gasteiger partial charge in [0.1, 0.15) is 5.75 Å². The van der Waals surface area contributed by atoms with E-state index in [1.165, 1.54) is 23.3 Å². The van der Waals surface area contributed by atoms with Crippen molar-refractivity contribution in [2.24, 2.45) is 0 Å². The van der Waals surface area contributed by atoms with Crippen LogP contribution in [-0.2, 0) is 21.4 Å². The number of thiazole rings is 1. The number of nitrogens with zero attached hydrogens (tertiary/aromatic N) is 3. The van der Waals surface area contributed by atoms with Gasteiger partial charge in [0.15, 0.2) is 5.13 Å². The average molecular weight is 434 g/mol. The Bertz CT molecular complexity index is 1100. The third-order valence-electron chi connectivity index (χ3n) is 4.30. The molecule has 1 amide bonds. The molecule has 1 aromatic heterocycles. The molecule has 7 nitrogen and oxygen atoms in total. The molecule has 0 bridgehead atoms. The number of anilines is 1. The molecule has 3 rings (SSSR count). The first-order chi connectivity index (χ1) is 13.8. The Morgan fingerprint density at radius 3 is 2.55 bits per heavy atom. The van der Waals surface area contributed by atoms with Crippen molar-refractivity contribution in [3.05, 3.63) is 54.1 Å². The zero-order valence-electron chi connectivity index (χ0n) is 16.5. The predicted molar refractivity (Wildman–Crippen MR) is 116 cm³/mol. The van der Waals surface area contributed by atoms with Crippen LogP contribution in [0.4, 0.5) is 5.13 Å². The molecule has 0 aliphatic carbocycles. The first kappa shape index (κ1) is 21.2. The van der Waals surface area contributed by atoms with Gasteiger partial charge >= 0.3 is 0 Å². The topological polar surface area (TPSA) is 79.8 Å². The molecule has 0 fully saturated rings. The zero-order valence-corrected chi connectivity index (χ0v) is 18.2. The summed E-state index contributed by atoms with van der Waals surface area (Å²) in [5.41, 5.74) is 1.69. The van der Waals surface area contributed by atoms with Crippen LogP contribution in [0.25, 0.3) is 10.2 Å². The van der Waals surface area contributed by atoms with Crippen LogP contribution in [0, 0.1) is 0 Å². The van der Waals surface area contributed by atoms with E-state index >= 15 is 0 Å². The van der Waals surface area contributed by atoms with Crippen molar-refractivity contribution >= 4 is 42.6 Å². The summed E-state index contributed by atoms with van der Waals surface area (Å²) in [6, 6.07) is 15.1. The molecule has 29 heavy (non-hydrogen) atoms. The quantitative estimate of drug-likeness (QED) is 0.545. The van der Waals surface area contributed by atoms with E-state index in [1.807, 2.05) is 55.5 Å². The van der Waals surface area contributed by atoms with Gasteiger partial charge in [0.05, 0.1) is 36.2 Å². The predicted octanol–water partition coefficient (Wildman–Crippen LogP) is 3.12. The molecule has 0 unspecified atom stereocenters. The van der Waals surface area contributed by atoms with E-state index < -0.39 is 10.0 Å². The van der Waals surface area contributed by atoms with Crippen molar-refractivity contribution < 1.29 is 17.9 Å². The maximum absolute atomic E-state index is 13.0. The fourth-order valence-electron chi connectivity index (χ4n) is 2.69. The summed E-state index contributed by atoms with van der Waals surface area (Å²) in [6.07, 6.45) is 1.08. The molecule has 0 aliphatic rings. The Hall–Kier alpha value is -2.49. The molecule has 1 heterocycles. The van der Waals surface area contributed by atoms with Gasteiger partial charge in [-0.1, -0.05) is 41.7 Å². The van der Waals surface area contributed by atoms with E-state index in [0.717, 1.165) is 32.1 Å². The van der Waals surface area contributed by atoms with E-state index in [-0.39, 0.29) is 12.5 Å². The smallest absolute Gasteiger partial charge is 0.244 e. The van der Waals surface area contributed by atoms with Crippen molar-refractivity contribution in [3.8, 4) is 5.75 Å². The molecule has 0 aliphatic heterocycles. The molecular weight excluding hydrogens is 410 g/mol. The summed E-state index contributed by atoms with van der Waals surface area (Å²) in [6.45, 7) is 2.52. The molecular formula is C20H23N3O4S2. The van der Waals surface area contributed by atoms with Gasteiger partial charge < -0.3 is 4.74 Å². The van der Waals surface area contributed by atoms with E-state index in [1.54, 1.807) is 0 Å². The second kappa shape index (κ2) is 8.89. The monoisotopic (exact) mass is 433 g/mol. The fraction of sp³-hybridized carbons (Fsp3) is 0.300. The second-order valence-electron chi connectivity index (χ2n) is 6.54. The highest BCUT2D eigenvalue weighted by Gasteiger charge is 2.24. The lowest BCUT2D eigenvalue weighted by Crippen LogP contribution is -2.40. The van der Waals surface area contributed by atoms with Gasteiger partial charge in [-0.3, -0.25) is 9.69 Å². The number of amides is 1. The first-order valence-electron chi connectivity index (χ1n) is 9.07. The molecule has 3 aromatic rings. The van der Waals surface area contributed by atoms with Gasteiger partial charge in [0.25, 0.3) is 0 Å². The number of sulfonamides is 1. The van der Waals surface area contributed by atoms with Gasteiger partial charge in [0, 0.05) is 7.05 Å². The summed E-state index contributed by atoms with van der Waals surface area (Å²) in [5, 5.41) is 0.518. The highest BCUT2D eigenvalue weighted by atomic mass is 32.2. The van der Waals surface area contributed by atoms with E-state index in [2.05, 4.69) is 4.98 Å². The minimum atomic E-state index is -3.47. The zero-order chi connectivity index (χ0) is 21.0. The van der Waals surface area contributed by atoms with E-state index in [0.29, 0.717) is 18.3 Å². The van der Waals surface area contributed by atoms with Gasteiger partial charge in [-0.05, 0) is 30.7 Å². The minimum Gasteiger partial charge on any atom is -0.494 e. The summed E-state index contributed by atoms with van der Waals surface area (Å²) in [4.78, 5) is 19.1. The van der Waals surface area contributed by atoms with Crippen molar-refractivity contribution in [2.75, 3.05) is 31.4 Å². The molecule has 154 valence electrons. The Morgan fingerprint density at radius 2 is 1.90 bits per heavy atom. The summed E-state index contributed by atoms with van der Waals surface area (Å²) in [7, 11) is -2.08. The molecule has 0 saturated carbocycles. The number of aromatic nitrogens is 1. The molecule has 0 N–H and O–H groups in total. The Labute approximate surface area is 174 Å². The van der Waals surface area contributed by atoms with Crippen LogP contribution < -0.4 is 9.64 Å². The van der Waals surface area contributed by atoms with Gasteiger partial charge in [-0.25, -0.2) is 13.4 Å². The maximum Gasteiger partial charge on any atom is 0.244 e. The van der Waals surface area contributed by atoms with Crippen molar-refractivity contribution in [2.45, 2.75) is 13.5 Å². The number of rotatable bonds is 8. The lowest BCUT2D eigenvalue weighted by molar-refractivity contribution is -0.118. The van der Waals surface area contributed by atoms with Crippen LogP contribution >= 0.6 is 11.3 Å². The fourth-order valence-corrected chi connectivity index (χ4v) is 4.04. The number of likely N-dealkylation sites (N-methyl/N-ethyl adjacent to an activating group) is 1. The Morgan fingerprint density at radius 1 is 1.17 bits per heavy atom. The lowest BCUT2D eigenvalue weighted by Gasteiger charge is -2.22. The van der Waals surface area contributed by atoms with Crippen molar-refractivity contribution in [3.63, 3.8) is 0 Å². The first-order valence-corrected chi connectivity index (χ1v) is 11.7. The minimum absolute atomic E-state index is 0.258. The Balaban J connectivity index is 1.95. The van der Waals surface area contributed by atoms with Crippen LogP contribution in [0.3, 0.4) is 0 Å². The lowest BCUT2D eigenvalue weighted by atomic mass is 10.2. The number of carbonyl (C=O) groups is 1. The van der Waals surface area contributed by atoms with Crippen LogP contribution in [0.2, 0.25) is 0 Å². The van der Waals surface area contributed by atoms with Gasteiger partial charge in [-0.2, -0.15) is 4.31 Å². The third kappa shape index (κ3) is 5.31. The van der Waals surface area contributed by atoms with Crippen molar-refractivity contribution in [1.29, 1.82) is 0 Å². The largest absolute Gasteiger partial charge is 0.494 e. The molecule has 0 spiro atoms. The van der Waals surface area contributed by atoms with Crippen LogP contribution in [0.5, 0.6) is 5.75 Å². The van der Waals surface area contributed by atoms with Crippen LogP contribution in [-0.4, -0.2) is 50.1 Å². The molecule has 0 saturated heterocycles. The number of benzene rings is 2. The number of hydrogen-bond acceptors (Lipinski definition) is 6. The molecule has 0 radical (unpaired) electrons. The van der Waals surface area contributed by atoms with Crippen LogP contribution in [0.15, 0.2) is 48.5 Å². The summed E-state index contributed by atoms with van der Waals surface area (Å²) < 4.78 is 31.0.